The molecule has 12 heteroatoms. The molecule has 1 unspecified atom stereocenters. The molecule has 12 nitrogen and oxygen atoms in total. The molecule has 7 rings (SSSR count). The summed E-state index contributed by atoms with van der Waals surface area (Å²) >= 11 is 0. The predicted octanol–water partition coefficient (Wildman–Crippen LogP) is 2.89. The second-order valence-electron chi connectivity index (χ2n) is 10.3. The predicted molar refractivity (Wildman–Crippen MR) is 139 cm³/mol. The van der Waals surface area contributed by atoms with Gasteiger partial charge in [0.25, 0.3) is 11.5 Å². The van der Waals surface area contributed by atoms with Crippen molar-refractivity contribution in [3.8, 4) is 11.5 Å². The van der Waals surface area contributed by atoms with Crippen LogP contribution in [-0.2, 0) is 0 Å². The van der Waals surface area contributed by atoms with Crippen molar-refractivity contribution in [2.24, 2.45) is 0 Å². The molecule has 39 heavy (non-hydrogen) atoms. The SMILES string of the molecule is O=C(c1ccco1)N1CCN(C(c2cc3cc4c(cc3[nH]c2=O)OCO4)c2nnnn2C2CCCCC2)CC1. The Hall–Kier alpha value is -4.19. The van der Waals surface area contributed by atoms with E-state index >= 15 is 0 Å². The van der Waals surface area contributed by atoms with Gasteiger partial charge in [-0.15, -0.1) is 5.10 Å². The minimum absolute atomic E-state index is 0.136. The van der Waals surface area contributed by atoms with Gasteiger partial charge in [0, 0.05) is 43.2 Å². The van der Waals surface area contributed by atoms with E-state index < -0.39 is 6.04 Å². The number of furan rings is 1. The minimum atomic E-state index is -0.485. The number of nitrogens with zero attached hydrogens (tertiary/aromatic N) is 6. The van der Waals surface area contributed by atoms with Crippen LogP contribution in [0.1, 0.15) is 66.1 Å². The summed E-state index contributed by atoms with van der Waals surface area (Å²) in [6.07, 6.45) is 6.99. The molecule has 0 bridgehead atoms. The lowest BCUT2D eigenvalue weighted by Gasteiger charge is -2.38. The van der Waals surface area contributed by atoms with E-state index in [9.17, 15) is 9.59 Å². The van der Waals surface area contributed by atoms with Crippen LogP contribution in [0.3, 0.4) is 0 Å². The lowest BCUT2D eigenvalue weighted by atomic mass is 9.95. The number of pyridine rings is 1. The Bertz CT molecular complexity index is 1550. The van der Waals surface area contributed by atoms with E-state index in [4.69, 9.17) is 13.9 Å². The fourth-order valence-corrected chi connectivity index (χ4v) is 6.02. The number of hydrogen-bond donors (Lipinski definition) is 1. The Kier molecular flexibility index (Phi) is 6.03. The average molecular weight is 532 g/mol. The Balaban J connectivity index is 1.27. The Morgan fingerprint density at radius 2 is 1.82 bits per heavy atom. The number of H-pyrrole nitrogens is 1. The molecule has 4 aromatic rings. The number of carbonyl (C=O) groups is 1. The third kappa shape index (κ3) is 4.34. The highest BCUT2D eigenvalue weighted by Crippen LogP contribution is 2.37. The van der Waals surface area contributed by atoms with Gasteiger partial charge in [-0.1, -0.05) is 19.3 Å². The van der Waals surface area contributed by atoms with Crippen LogP contribution in [0.4, 0.5) is 0 Å². The molecule has 2 fully saturated rings. The maximum absolute atomic E-state index is 13.6. The number of aromatic nitrogens is 5. The van der Waals surface area contributed by atoms with Crippen molar-refractivity contribution in [1.82, 2.24) is 35.0 Å². The highest BCUT2D eigenvalue weighted by Gasteiger charge is 2.35. The van der Waals surface area contributed by atoms with Gasteiger partial charge in [0.1, 0.15) is 6.04 Å². The molecule has 1 atom stereocenters. The third-order valence-electron chi connectivity index (χ3n) is 8.04. The quantitative estimate of drug-likeness (QED) is 0.413. The van der Waals surface area contributed by atoms with Crippen LogP contribution >= 0.6 is 0 Å². The standard InChI is InChI=1S/C27H29N7O5/c35-26-19(13-17-14-22-23(39-16-38-22)15-20(17)28-26)24(25-29-30-31-34(25)18-5-2-1-3-6-18)32-8-10-33(11-9-32)27(36)21-7-4-12-37-21/h4,7,12-15,18,24H,1-3,5-6,8-11,16H2,(H,28,35). The van der Waals surface area contributed by atoms with E-state index in [0.717, 1.165) is 31.1 Å². The molecule has 3 aliphatic rings. The number of hydrogen-bond acceptors (Lipinski definition) is 9. The van der Waals surface area contributed by atoms with E-state index in [0.29, 0.717) is 60.3 Å². The van der Waals surface area contributed by atoms with Crippen molar-refractivity contribution < 1.29 is 18.7 Å². The first-order valence-corrected chi connectivity index (χ1v) is 13.5. The van der Waals surface area contributed by atoms with Crippen molar-refractivity contribution in [2.45, 2.75) is 44.2 Å². The molecule has 1 aliphatic carbocycles. The number of nitrogens with one attached hydrogen (secondary N) is 1. The van der Waals surface area contributed by atoms with Gasteiger partial charge in [-0.05, 0) is 47.5 Å². The van der Waals surface area contributed by atoms with Gasteiger partial charge in [-0.3, -0.25) is 14.5 Å². The topological polar surface area (TPSA) is 132 Å². The lowest BCUT2D eigenvalue weighted by Crippen LogP contribution is -2.51. The first-order valence-electron chi connectivity index (χ1n) is 13.5. The molecule has 1 saturated carbocycles. The van der Waals surface area contributed by atoms with Crippen LogP contribution in [-0.4, -0.2) is 73.9 Å². The molecule has 0 radical (unpaired) electrons. The van der Waals surface area contributed by atoms with Crippen molar-refractivity contribution in [3.05, 3.63) is 64.1 Å². The second-order valence-corrected chi connectivity index (χ2v) is 10.3. The Morgan fingerprint density at radius 1 is 1.03 bits per heavy atom. The molecule has 1 amide bonds. The average Bonchev–Trinajstić information content (AvgIpc) is 3.75. The van der Waals surface area contributed by atoms with Gasteiger partial charge in [-0.25, -0.2) is 4.68 Å². The normalized spacial score (nSPS) is 19.0. The summed E-state index contributed by atoms with van der Waals surface area (Å²) < 4.78 is 18.3. The molecule has 1 saturated heterocycles. The zero-order valence-corrected chi connectivity index (χ0v) is 21.4. The lowest BCUT2D eigenvalue weighted by molar-refractivity contribution is 0.0556. The molecule has 202 valence electrons. The molecule has 1 N–H and O–H groups in total. The first-order chi connectivity index (χ1) is 19.2. The molecule has 0 spiro atoms. The molecule has 1 aromatic carbocycles. The maximum Gasteiger partial charge on any atom is 0.289 e. The van der Waals surface area contributed by atoms with Crippen molar-refractivity contribution in [3.63, 3.8) is 0 Å². The van der Waals surface area contributed by atoms with E-state index in [1.807, 2.05) is 16.8 Å². The summed E-state index contributed by atoms with van der Waals surface area (Å²) in [5.41, 5.74) is 1.02. The third-order valence-corrected chi connectivity index (χ3v) is 8.04. The van der Waals surface area contributed by atoms with E-state index in [1.54, 1.807) is 23.1 Å². The molecule has 3 aromatic heterocycles. The molecule has 2 aliphatic heterocycles. The van der Waals surface area contributed by atoms with E-state index in [1.165, 1.54) is 12.7 Å². The van der Waals surface area contributed by atoms with Crippen LogP contribution in [0.2, 0.25) is 0 Å². The van der Waals surface area contributed by atoms with Gasteiger partial charge < -0.3 is 23.8 Å². The smallest absolute Gasteiger partial charge is 0.289 e. The Labute approximate surface area is 223 Å². The van der Waals surface area contributed by atoms with Crippen molar-refractivity contribution in [1.29, 1.82) is 0 Å². The number of piperazine rings is 1. The number of tetrazole rings is 1. The number of amides is 1. The molecule has 5 heterocycles. The number of rotatable bonds is 5. The van der Waals surface area contributed by atoms with Crippen LogP contribution in [0.5, 0.6) is 11.5 Å². The zero-order valence-electron chi connectivity index (χ0n) is 21.4. The van der Waals surface area contributed by atoms with Gasteiger partial charge >= 0.3 is 0 Å². The van der Waals surface area contributed by atoms with Crippen molar-refractivity contribution >= 4 is 16.8 Å². The molecular formula is C27H29N7O5. The minimum Gasteiger partial charge on any atom is -0.459 e. The van der Waals surface area contributed by atoms with Crippen LogP contribution < -0.4 is 15.0 Å². The number of fused-ring (bicyclic) bond motifs is 2. The second kappa shape index (κ2) is 9.84. The monoisotopic (exact) mass is 531 g/mol. The van der Waals surface area contributed by atoms with Crippen LogP contribution in [0, 0.1) is 0 Å². The highest BCUT2D eigenvalue weighted by atomic mass is 16.7. The van der Waals surface area contributed by atoms with Crippen LogP contribution in [0.15, 0.2) is 45.8 Å². The van der Waals surface area contributed by atoms with Gasteiger partial charge in [0.05, 0.1) is 17.8 Å². The summed E-state index contributed by atoms with van der Waals surface area (Å²) in [4.78, 5) is 33.5. The van der Waals surface area contributed by atoms with Gasteiger partial charge in [0.15, 0.2) is 23.1 Å². The summed E-state index contributed by atoms with van der Waals surface area (Å²) in [6.45, 7) is 2.24. The molecular weight excluding hydrogens is 502 g/mol. The van der Waals surface area contributed by atoms with Gasteiger partial charge in [0.2, 0.25) is 6.79 Å². The summed E-state index contributed by atoms with van der Waals surface area (Å²) in [7, 11) is 0. The summed E-state index contributed by atoms with van der Waals surface area (Å²) in [5, 5.41) is 13.8. The first kappa shape index (κ1) is 23.9. The zero-order chi connectivity index (χ0) is 26.3. The largest absolute Gasteiger partial charge is 0.459 e. The highest BCUT2D eigenvalue weighted by molar-refractivity contribution is 5.91. The van der Waals surface area contributed by atoms with E-state index in [2.05, 4.69) is 25.4 Å². The maximum atomic E-state index is 13.6. The summed E-state index contributed by atoms with van der Waals surface area (Å²) in [5.74, 6) is 2.10. The van der Waals surface area contributed by atoms with Gasteiger partial charge in [-0.2, -0.15) is 0 Å². The Morgan fingerprint density at radius 3 is 2.59 bits per heavy atom. The number of ether oxygens (including phenoxy) is 2. The van der Waals surface area contributed by atoms with Crippen molar-refractivity contribution in [2.75, 3.05) is 33.0 Å². The fraction of sp³-hybridized carbons (Fsp3) is 0.444. The fourth-order valence-electron chi connectivity index (χ4n) is 6.02. The number of carbonyl (C=O) groups excluding carboxylic acids is 1. The van der Waals surface area contributed by atoms with Crippen LogP contribution in [0.25, 0.3) is 10.9 Å². The number of aromatic amines is 1. The number of benzene rings is 1. The summed E-state index contributed by atoms with van der Waals surface area (Å²) in [6, 6.07) is 8.68. The van der Waals surface area contributed by atoms with E-state index in [-0.39, 0.29) is 24.3 Å².